The largest absolute Gasteiger partial charge is 0.462 e. The van der Waals surface area contributed by atoms with Crippen molar-refractivity contribution < 1.29 is 28.2 Å². The second kappa shape index (κ2) is 14.3. The van der Waals surface area contributed by atoms with Gasteiger partial charge in [-0.15, -0.1) is 0 Å². The van der Waals surface area contributed by atoms with E-state index in [1.54, 1.807) is 45.2 Å². The van der Waals surface area contributed by atoms with Crippen LogP contribution >= 0.6 is 0 Å². The lowest BCUT2D eigenvalue weighted by molar-refractivity contribution is -0.139. The Morgan fingerprint density at radius 1 is 0.846 bits per heavy atom. The summed E-state index contributed by atoms with van der Waals surface area (Å²) >= 11 is 0. The SMILES string of the molecule is C=C(C)C(=O)OCCCCc1cc(CCCCOC)cc2cc(-c3ccc(OC(=O)C(=C)C)cc3)c(=O)oc12. The third-order valence-electron chi connectivity index (χ3n) is 6.18. The molecule has 0 bridgehead atoms. The quantitative estimate of drug-likeness (QED) is 0.0785. The molecule has 3 rings (SSSR count). The second-order valence-electron chi connectivity index (χ2n) is 9.64. The van der Waals surface area contributed by atoms with Gasteiger partial charge in [-0.1, -0.05) is 31.4 Å². The predicted molar refractivity (Wildman–Crippen MR) is 152 cm³/mol. The van der Waals surface area contributed by atoms with Crippen molar-refractivity contribution in [2.45, 2.75) is 52.4 Å². The lowest BCUT2D eigenvalue weighted by Crippen LogP contribution is -2.08. The topological polar surface area (TPSA) is 92.0 Å². The molecule has 1 heterocycles. The normalized spacial score (nSPS) is 10.8. The van der Waals surface area contributed by atoms with Gasteiger partial charge in [0.25, 0.3) is 0 Å². The summed E-state index contributed by atoms with van der Waals surface area (Å²) in [4.78, 5) is 36.4. The van der Waals surface area contributed by atoms with Crippen LogP contribution in [0.25, 0.3) is 22.1 Å². The average molecular weight is 533 g/mol. The van der Waals surface area contributed by atoms with Crippen LogP contribution in [-0.4, -0.2) is 32.3 Å². The highest BCUT2D eigenvalue weighted by atomic mass is 16.5. The fourth-order valence-corrected chi connectivity index (χ4v) is 4.08. The van der Waals surface area contributed by atoms with Crippen LogP contribution in [-0.2, 0) is 31.9 Å². The summed E-state index contributed by atoms with van der Waals surface area (Å²) in [5.74, 6) is -0.530. The van der Waals surface area contributed by atoms with Crippen molar-refractivity contribution in [2.75, 3.05) is 20.3 Å². The van der Waals surface area contributed by atoms with Gasteiger partial charge in [-0.05, 0) is 93.3 Å². The van der Waals surface area contributed by atoms with Gasteiger partial charge in [0.15, 0.2) is 0 Å². The summed E-state index contributed by atoms with van der Waals surface area (Å²) in [5.41, 5.74) is 3.99. The van der Waals surface area contributed by atoms with Gasteiger partial charge in [-0.25, -0.2) is 14.4 Å². The molecule has 1 aromatic heterocycles. The number of hydrogen-bond donors (Lipinski definition) is 0. The molecule has 3 aromatic rings. The number of rotatable bonds is 14. The van der Waals surface area contributed by atoms with Crippen molar-refractivity contribution in [3.8, 4) is 16.9 Å². The van der Waals surface area contributed by atoms with Crippen molar-refractivity contribution in [1.29, 1.82) is 0 Å². The van der Waals surface area contributed by atoms with Gasteiger partial charge in [0, 0.05) is 30.2 Å². The maximum Gasteiger partial charge on any atom is 0.344 e. The molecule has 2 aromatic carbocycles. The Labute approximate surface area is 229 Å². The molecular weight excluding hydrogens is 496 g/mol. The number of fused-ring (bicyclic) bond motifs is 1. The van der Waals surface area contributed by atoms with Crippen LogP contribution in [0, 0.1) is 0 Å². The van der Waals surface area contributed by atoms with E-state index < -0.39 is 11.6 Å². The highest BCUT2D eigenvalue weighted by molar-refractivity contribution is 5.89. The van der Waals surface area contributed by atoms with E-state index in [2.05, 4.69) is 25.3 Å². The van der Waals surface area contributed by atoms with E-state index in [1.807, 2.05) is 6.07 Å². The first-order valence-corrected chi connectivity index (χ1v) is 13.1. The fraction of sp³-hybridized carbons (Fsp3) is 0.344. The minimum atomic E-state index is -0.507. The molecule has 7 nitrogen and oxygen atoms in total. The fourth-order valence-electron chi connectivity index (χ4n) is 4.08. The number of carbonyl (C=O) groups is 2. The molecule has 0 atom stereocenters. The molecule has 0 amide bonds. The number of carbonyl (C=O) groups excluding carboxylic acids is 2. The maximum atomic E-state index is 13.0. The van der Waals surface area contributed by atoms with Crippen LogP contribution in [0.4, 0.5) is 0 Å². The zero-order valence-electron chi connectivity index (χ0n) is 23.0. The Morgan fingerprint density at radius 2 is 1.51 bits per heavy atom. The molecule has 0 fully saturated rings. The number of ether oxygens (including phenoxy) is 3. The molecule has 206 valence electrons. The molecular formula is C32H36O7. The summed E-state index contributed by atoms with van der Waals surface area (Å²) in [5, 5.41) is 0.843. The summed E-state index contributed by atoms with van der Waals surface area (Å²) < 4.78 is 21.5. The van der Waals surface area contributed by atoms with E-state index in [9.17, 15) is 14.4 Å². The lowest BCUT2D eigenvalue weighted by Gasteiger charge is -2.11. The van der Waals surface area contributed by atoms with Crippen molar-refractivity contribution in [2.24, 2.45) is 0 Å². The average Bonchev–Trinajstić information content (AvgIpc) is 2.91. The number of hydrogen-bond acceptors (Lipinski definition) is 7. The molecule has 0 saturated heterocycles. The zero-order chi connectivity index (χ0) is 28.4. The second-order valence-corrected chi connectivity index (χ2v) is 9.64. The smallest absolute Gasteiger partial charge is 0.344 e. The van der Waals surface area contributed by atoms with Gasteiger partial charge in [0.05, 0.1) is 12.2 Å². The first kappa shape index (κ1) is 29.6. The number of unbranched alkanes of at least 4 members (excludes halogenated alkanes) is 2. The molecule has 0 saturated carbocycles. The Hall–Kier alpha value is -3.97. The maximum absolute atomic E-state index is 13.0. The summed E-state index contributed by atoms with van der Waals surface area (Å²) in [6.07, 6.45) is 4.93. The molecule has 39 heavy (non-hydrogen) atoms. The lowest BCUT2D eigenvalue weighted by atomic mass is 9.97. The standard InChI is InChI=1S/C32H36O7/c1-21(2)30(33)37-17-9-7-11-25-18-23(10-6-8-16-36-5)19-26-20-28(32(35)39-29(25)26)24-12-14-27(15-13-24)38-31(34)22(3)4/h12-15,18-20H,1,3,6-11,16-17H2,2,4-5H3. The van der Waals surface area contributed by atoms with Gasteiger partial charge in [0.1, 0.15) is 11.3 Å². The van der Waals surface area contributed by atoms with Crippen LogP contribution < -0.4 is 10.4 Å². The van der Waals surface area contributed by atoms with Crippen LogP contribution in [0.15, 0.2) is 76.0 Å². The van der Waals surface area contributed by atoms with E-state index >= 15 is 0 Å². The predicted octanol–water partition coefficient (Wildman–Crippen LogP) is 6.35. The summed E-state index contributed by atoms with van der Waals surface area (Å²) in [6.45, 7) is 11.4. The number of benzene rings is 2. The summed E-state index contributed by atoms with van der Waals surface area (Å²) in [7, 11) is 1.70. The van der Waals surface area contributed by atoms with Crippen molar-refractivity contribution in [3.63, 3.8) is 0 Å². The minimum absolute atomic E-state index is 0.302. The molecule has 0 spiro atoms. The van der Waals surface area contributed by atoms with Crippen LogP contribution in [0.1, 0.15) is 50.7 Å². The van der Waals surface area contributed by atoms with E-state index in [0.717, 1.165) is 42.2 Å². The van der Waals surface area contributed by atoms with E-state index in [-0.39, 0.29) is 5.97 Å². The van der Waals surface area contributed by atoms with E-state index in [0.29, 0.717) is 59.7 Å². The molecule has 0 N–H and O–H groups in total. The monoisotopic (exact) mass is 532 g/mol. The highest BCUT2D eigenvalue weighted by Crippen LogP contribution is 2.28. The van der Waals surface area contributed by atoms with E-state index in [1.165, 1.54) is 0 Å². The molecule has 0 radical (unpaired) electrons. The van der Waals surface area contributed by atoms with Gasteiger partial charge in [-0.2, -0.15) is 0 Å². The van der Waals surface area contributed by atoms with Crippen LogP contribution in [0.5, 0.6) is 5.75 Å². The highest BCUT2D eigenvalue weighted by Gasteiger charge is 2.14. The third kappa shape index (κ3) is 8.52. The van der Waals surface area contributed by atoms with Crippen molar-refractivity contribution in [3.05, 3.63) is 88.3 Å². The van der Waals surface area contributed by atoms with Gasteiger partial charge < -0.3 is 18.6 Å². The number of aryl methyl sites for hydroxylation is 2. The van der Waals surface area contributed by atoms with Gasteiger partial charge in [-0.3, -0.25) is 0 Å². The van der Waals surface area contributed by atoms with Gasteiger partial charge >= 0.3 is 17.6 Å². The first-order valence-electron chi connectivity index (χ1n) is 13.1. The minimum Gasteiger partial charge on any atom is -0.462 e. The number of methoxy groups -OCH3 is 1. The van der Waals surface area contributed by atoms with Crippen LogP contribution in [0.2, 0.25) is 0 Å². The Bertz CT molecular complexity index is 1400. The van der Waals surface area contributed by atoms with Crippen molar-refractivity contribution >= 4 is 22.9 Å². The molecule has 7 heteroatoms. The zero-order valence-corrected chi connectivity index (χ0v) is 23.0. The first-order chi connectivity index (χ1) is 18.7. The van der Waals surface area contributed by atoms with Crippen LogP contribution in [0.3, 0.4) is 0 Å². The van der Waals surface area contributed by atoms with Crippen molar-refractivity contribution in [1.82, 2.24) is 0 Å². The Kier molecular flexibility index (Phi) is 10.8. The van der Waals surface area contributed by atoms with Gasteiger partial charge in [0.2, 0.25) is 0 Å². The summed E-state index contributed by atoms with van der Waals surface area (Å²) in [6, 6.07) is 12.7. The van der Waals surface area contributed by atoms with E-state index in [4.69, 9.17) is 18.6 Å². The molecule has 0 aliphatic heterocycles. The Morgan fingerprint density at radius 3 is 2.18 bits per heavy atom. The Balaban J connectivity index is 1.86. The molecule has 0 unspecified atom stereocenters. The number of esters is 2. The molecule has 0 aliphatic carbocycles. The third-order valence-corrected chi connectivity index (χ3v) is 6.18. The molecule has 0 aliphatic rings.